The van der Waals surface area contributed by atoms with Crippen LogP contribution in [0.2, 0.25) is 5.02 Å². The third-order valence-electron chi connectivity index (χ3n) is 3.78. The summed E-state index contributed by atoms with van der Waals surface area (Å²) in [5, 5.41) is -0.0846. The lowest BCUT2D eigenvalue weighted by molar-refractivity contribution is 0.0992. The van der Waals surface area contributed by atoms with Gasteiger partial charge in [0.1, 0.15) is 5.82 Å². The van der Waals surface area contributed by atoms with Crippen LogP contribution in [0.25, 0.3) is 0 Å². The Morgan fingerprint density at radius 1 is 1.15 bits per heavy atom. The molecule has 0 saturated heterocycles. The summed E-state index contributed by atoms with van der Waals surface area (Å²) in [7, 11) is 0. The van der Waals surface area contributed by atoms with Crippen molar-refractivity contribution in [1.29, 1.82) is 0 Å². The second-order valence-corrected chi connectivity index (χ2v) is 5.54. The molecule has 0 heterocycles. The minimum atomic E-state index is -0.550. The van der Waals surface area contributed by atoms with Gasteiger partial charge in [-0.25, -0.2) is 4.39 Å². The van der Waals surface area contributed by atoms with Gasteiger partial charge in [0.15, 0.2) is 5.78 Å². The molecule has 0 saturated carbocycles. The monoisotopic (exact) mass is 288 g/mol. The van der Waals surface area contributed by atoms with Gasteiger partial charge in [-0.15, -0.1) is 0 Å². The van der Waals surface area contributed by atoms with Crippen LogP contribution in [0.3, 0.4) is 0 Å². The van der Waals surface area contributed by atoms with Gasteiger partial charge in [0.05, 0.1) is 5.02 Å². The highest BCUT2D eigenvalue weighted by molar-refractivity contribution is 6.34. The van der Waals surface area contributed by atoms with Gasteiger partial charge in [-0.3, -0.25) is 4.79 Å². The van der Waals surface area contributed by atoms with Gasteiger partial charge >= 0.3 is 0 Å². The van der Waals surface area contributed by atoms with E-state index in [1.54, 1.807) is 6.07 Å². The molecule has 0 spiro atoms. The zero-order chi connectivity index (χ0) is 14.1. The number of Topliss-reactive ketones (excluding diaryl/α,β-unsaturated/α-hetero) is 1. The van der Waals surface area contributed by atoms with Gasteiger partial charge in [0.2, 0.25) is 0 Å². The molecule has 0 atom stereocenters. The summed E-state index contributed by atoms with van der Waals surface area (Å²) in [5.74, 6) is -0.695. The van der Waals surface area contributed by atoms with E-state index in [9.17, 15) is 9.18 Å². The molecule has 0 fully saturated rings. The summed E-state index contributed by atoms with van der Waals surface area (Å²) >= 11 is 5.85. The van der Waals surface area contributed by atoms with Crippen LogP contribution in [0.15, 0.2) is 36.4 Å². The Kier molecular flexibility index (Phi) is 3.58. The fourth-order valence-electron chi connectivity index (χ4n) is 2.73. The molecule has 0 aromatic heterocycles. The number of aryl methyl sites for hydroxylation is 2. The molecule has 0 unspecified atom stereocenters. The number of ketones is 1. The zero-order valence-corrected chi connectivity index (χ0v) is 11.7. The fourth-order valence-corrected chi connectivity index (χ4v) is 2.97. The number of fused-ring (bicyclic) bond motifs is 1. The van der Waals surface area contributed by atoms with Crippen molar-refractivity contribution in [1.82, 2.24) is 0 Å². The van der Waals surface area contributed by atoms with Gasteiger partial charge in [0, 0.05) is 12.0 Å². The lowest BCUT2D eigenvalue weighted by Crippen LogP contribution is -2.05. The predicted molar refractivity (Wildman–Crippen MR) is 77.9 cm³/mol. The highest BCUT2D eigenvalue weighted by Crippen LogP contribution is 2.25. The topological polar surface area (TPSA) is 17.1 Å². The normalized spacial score (nSPS) is 13.3. The van der Waals surface area contributed by atoms with Gasteiger partial charge in [-0.05, 0) is 48.1 Å². The first kappa shape index (κ1) is 13.3. The van der Waals surface area contributed by atoms with E-state index in [1.807, 2.05) is 6.07 Å². The fraction of sp³-hybridized carbons (Fsp3) is 0.235. The van der Waals surface area contributed by atoms with Crippen LogP contribution in [-0.4, -0.2) is 5.78 Å². The van der Waals surface area contributed by atoms with Crippen LogP contribution in [0.1, 0.15) is 33.5 Å². The van der Waals surface area contributed by atoms with Crippen molar-refractivity contribution in [3.8, 4) is 0 Å². The van der Waals surface area contributed by atoms with Gasteiger partial charge in [-0.1, -0.05) is 35.9 Å². The zero-order valence-electron chi connectivity index (χ0n) is 11.0. The standard InChI is InChI=1S/C17H14ClFO/c18-17-14(5-2-6-15(17)19)16(20)10-11-7-8-12-3-1-4-13(12)9-11/h2,5-9H,1,3-4,10H2. The van der Waals surface area contributed by atoms with Crippen molar-refractivity contribution >= 4 is 17.4 Å². The first-order valence-corrected chi connectivity index (χ1v) is 7.11. The Labute approximate surface area is 122 Å². The summed E-state index contributed by atoms with van der Waals surface area (Å²) in [4.78, 5) is 12.2. The van der Waals surface area contributed by atoms with Crippen LogP contribution in [0.4, 0.5) is 4.39 Å². The third kappa shape index (κ3) is 2.48. The van der Waals surface area contributed by atoms with E-state index >= 15 is 0 Å². The average molecular weight is 289 g/mol. The number of carbonyl (C=O) groups is 1. The third-order valence-corrected chi connectivity index (χ3v) is 4.16. The smallest absolute Gasteiger partial charge is 0.168 e. The Hall–Kier alpha value is -1.67. The predicted octanol–water partition coefficient (Wildman–Crippen LogP) is 4.39. The molecule has 2 aromatic carbocycles. The lowest BCUT2D eigenvalue weighted by Gasteiger charge is -2.06. The summed E-state index contributed by atoms with van der Waals surface area (Å²) < 4.78 is 13.4. The maximum Gasteiger partial charge on any atom is 0.168 e. The summed E-state index contributed by atoms with van der Waals surface area (Å²) in [6, 6.07) is 10.5. The highest BCUT2D eigenvalue weighted by Gasteiger charge is 2.16. The molecule has 3 heteroatoms. The van der Waals surface area contributed by atoms with Gasteiger partial charge in [0.25, 0.3) is 0 Å². The Morgan fingerprint density at radius 3 is 2.80 bits per heavy atom. The second kappa shape index (κ2) is 5.37. The van der Waals surface area contributed by atoms with E-state index in [0.29, 0.717) is 0 Å². The minimum absolute atomic E-state index is 0.0846. The van der Waals surface area contributed by atoms with Crippen molar-refractivity contribution in [2.75, 3.05) is 0 Å². The second-order valence-electron chi connectivity index (χ2n) is 5.16. The molecule has 0 N–H and O–H groups in total. The number of halogens is 2. The average Bonchev–Trinajstić information content (AvgIpc) is 2.89. The van der Waals surface area contributed by atoms with Crippen LogP contribution in [-0.2, 0) is 19.3 Å². The Balaban J connectivity index is 1.84. The molecule has 1 nitrogen and oxygen atoms in total. The van der Waals surface area contributed by atoms with Crippen LogP contribution in [0.5, 0.6) is 0 Å². The van der Waals surface area contributed by atoms with Crippen LogP contribution >= 0.6 is 11.6 Å². The largest absolute Gasteiger partial charge is 0.294 e. The van der Waals surface area contributed by atoms with E-state index in [2.05, 4.69) is 12.1 Å². The molecule has 0 radical (unpaired) electrons. The lowest BCUT2D eigenvalue weighted by atomic mass is 9.99. The van der Waals surface area contributed by atoms with Gasteiger partial charge < -0.3 is 0 Å². The van der Waals surface area contributed by atoms with Crippen molar-refractivity contribution in [3.05, 3.63) is 69.5 Å². The van der Waals surface area contributed by atoms with E-state index in [0.717, 1.165) is 18.4 Å². The summed E-state index contributed by atoms with van der Waals surface area (Å²) in [6.45, 7) is 0. The molecule has 2 aromatic rings. The molecule has 3 rings (SSSR count). The maximum absolute atomic E-state index is 13.4. The Morgan fingerprint density at radius 2 is 1.95 bits per heavy atom. The molecule has 102 valence electrons. The van der Waals surface area contributed by atoms with E-state index in [-0.39, 0.29) is 22.8 Å². The molecule has 0 aliphatic heterocycles. The van der Waals surface area contributed by atoms with Crippen LogP contribution in [0, 0.1) is 5.82 Å². The number of hydrogen-bond acceptors (Lipinski definition) is 1. The van der Waals surface area contributed by atoms with Crippen molar-refractivity contribution in [2.24, 2.45) is 0 Å². The molecular formula is C17H14ClFO. The van der Waals surface area contributed by atoms with Crippen LogP contribution < -0.4 is 0 Å². The maximum atomic E-state index is 13.4. The van der Waals surface area contributed by atoms with Crippen molar-refractivity contribution in [2.45, 2.75) is 25.7 Å². The van der Waals surface area contributed by atoms with Crippen molar-refractivity contribution in [3.63, 3.8) is 0 Å². The molecular weight excluding hydrogens is 275 g/mol. The van der Waals surface area contributed by atoms with Crippen molar-refractivity contribution < 1.29 is 9.18 Å². The molecule has 0 bridgehead atoms. The minimum Gasteiger partial charge on any atom is -0.294 e. The number of benzene rings is 2. The SMILES string of the molecule is O=C(Cc1ccc2c(c1)CCC2)c1cccc(F)c1Cl. The molecule has 20 heavy (non-hydrogen) atoms. The van der Waals surface area contributed by atoms with Gasteiger partial charge in [-0.2, -0.15) is 0 Å². The first-order valence-electron chi connectivity index (χ1n) is 6.73. The first-order chi connectivity index (χ1) is 9.65. The number of carbonyl (C=O) groups excluding carboxylic acids is 1. The highest BCUT2D eigenvalue weighted by atomic mass is 35.5. The summed E-state index contributed by atoms with van der Waals surface area (Å²) in [6.07, 6.45) is 3.65. The molecule has 1 aliphatic rings. The van der Waals surface area contributed by atoms with E-state index in [1.165, 1.54) is 29.7 Å². The number of hydrogen-bond donors (Lipinski definition) is 0. The molecule has 0 amide bonds. The van der Waals surface area contributed by atoms with E-state index in [4.69, 9.17) is 11.6 Å². The quantitative estimate of drug-likeness (QED) is 0.766. The van der Waals surface area contributed by atoms with E-state index < -0.39 is 5.82 Å². The molecule has 1 aliphatic carbocycles. The summed E-state index contributed by atoms with van der Waals surface area (Å²) in [5.41, 5.74) is 3.94. The Bertz CT molecular complexity index is 679. The number of rotatable bonds is 3.